The van der Waals surface area contributed by atoms with Gasteiger partial charge in [-0.25, -0.2) is 0 Å². The van der Waals surface area contributed by atoms with Crippen LogP contribution in [0, 0.1) is 10.8 Å². The zero-order valence-corrected chi connectivity index (χ0v) is 13.2. The van der Waals surface area contributed by atoms with Crippen molar-refractivity contribution >= 4 is 0 Å². The van der Waals surface area contributed by atoms with Crippen LogP contribution < -0.4 is 5.32 Å². The Morgan fingerprint density at radius 2 is 1.78 bits per heavy atom. The van der Waals surface area contributed by atoms with E-state index in [1.54, 1.807) is 0 Å². The van der Waals surface area contributed by atoms with Crippen molar-refractivity contribution in [3.05, 3.63) is 0 Å². The second kappa shape index (κ2) is 4.79. The number of nitrogens with zero attached hydrogens (tertiary/aromatic N) is 1. The number of hydrogen-bond acceptors (Lipinski definition) is 2. The average Bonchev–Trinajstić information content (AvgIpc) is 2.68. The number of likely N-dealkylation sites (tertiary alicyclic amines) is 1. The van der Waals surface area contributed by atoms with Gasteiger partial charge in [-0.05, 0) is 43.6 Å². The van der Waals surface area contributed by atoms with Gasteiger partial charge < -0.3 is 5.32 Å². The van der Waals surface area contributed by atoms with Gasteiger partial charge in [0.1, 0.15) is 0 Å². The summed E-state index contributed by atoms with van der Waals surface area (Å²) >= 11 is 0. The summed E-state index contributed by atoms with van der Waals surface area (Å²) in [5.74, 6) is 0. The van der Waals surface area contributed by atoms with Crippen molar-refractivity contribution in [2.75, 3.05) is 13.1 Å². The third kappa shape index (κ3) is 2.22. The van der Waals surface area contributed by atoms with Crippen molar-refractivity contribution < 1.29 is 0 Å². The molecule has 2 fully saturated rings. The van der Waals surface area contributed by atoms with Crippen molar-refractivity contribution in [2.24, 2.45) is 10.8 Å². The fourth-order valence-corrected chi connectivity index (χ4v) is 4.10. The van der Waals surface area contributed by atoms with Gasteiger partial charge in [0.25, 0.3) is 0 Å². The molecule has 0 bridgehead atoms. The van der Waals surface area contributed by atoms with E-state index in [0.717, 1.165) is 18.1 Å². The number of hydrogen-bond donors (Lipinski definition) is 1. The molecule has 1 saturated heterocycles. The zero-order valence-electron chi connectivity index (χ0n) is 13.2. The van der Waals surface area contributed by atoms with Crippen LogP contribution in [0.25, 0.3) is 0 Å². The predicted octanol–water partition coefficient (Wildman–Crippen LogP) is 3.27. The smallest absolute Gasteiger partial charge is 0.0212 e. The van der Waals surface area contributed by atoms with Crippen molar-refractivity contribution in [2.45, 2.75) is 78.9 Å². The Hall–Kier alpha value is -0.0800. The van der Waals surface area contributed by atoms with Gasteiger partial charge >= 0.3 is 0 Å². The highest BCUT2D eigenvalue weighted by atomic mass is 15.3. The van der Waals surface area contributed by atoms with Gasteiger partial charge in [-0.3, -0.25) is 4.90 Å². The van der Waals surface area contributed by atoms with Gasteiger partial charge in [0.05, 0.1) is 0 Å². The lowest BCUT2D eigenvalue weighted by Crippen LogP contribution is -2.49. The molecule has 2 heteroatoms. The second-order valence-electron chi connectivity index (χ2n) is 7.61. The minimum absolute atomic E-state index is 0.491. The first-order chi connectivity index (χ1) is 8.32. The van der Waals surface area contributed by atoms with Crippen molar-refractivity contribution in [3.63, 3.8) is 0 Å². The van der Waals surface area contributed by atoms with Gasteiger partial charge in [0.2, 0.25) is 0 Å². The summed E-state index contributed by atoms with van der Waals surface area (Å²) in [6.07, 6.45) is 3.90. The predicted molar refractivity (Wildman–Crippen MR) is 78.8 cm³/mol. The summed E-state index contributed by atoms with van der Waals surface area (Å²) in [6.45, 7) is 16.9. The molecule has 1 saturated carbocycles. The lowest BCUT2D eigenvalue weighted by molar-refractivity contribution is 0.107. The molecule has 106 valence electrons. The van der Waals surface area contributed by atoms with Crippen LogP contribution in [0.1, 0.15) is 60.8 Å². The molecule has 2 nitrogen and oxygen atoms in total. The molecule has 2 unspecified atom stereocenters. The topological polar surface area (TPSA) is 15.3 Å². The van der Waals surface area contributed by atoms with Crippen LogP contribution in [-0.2, 0) is 0 Å². The molecule has 0 aromatic carbocycles. The van der Waals surface area contributed by atoms with E-state index < -0.39 is 0 Å². The molecule has 2 aliphatic rings. The maximum atomic E-state index is 3.70. The first kappa shape index (κ1) is 14.3. The van der Waals surface area contributed by atoms with Gasteiger partial charge in [-0.2, -0.15) is 0 Å². The molecule has 2 rings (SSSR count). The van der Waals surface area contributed by atoms with E-state index in [1.807, 2.05) is 0 Å². The van der Waals surface area contributed by atoms with E-state index in [0.29, 0.717) is 10.8 Å². The van der Waals surface area contributed by atoms with E-state index in [-0.39, 0.29) is 0 Å². The van der Waals surface area contributed by atoms with Crippen LogP contribution in [-0.4, -0.2) is 36.1 Å². The zero-order chi connectivity index (χ0) is 13.6. The Morgan fingerprint density at radius 1 is 1.17 bits per heavy atom. The lowest BCUT2D eigenvalue weighted by Gasteiger charge is -2.39. The molecule has 18 heavy (non-hydrogen) atoms. The molecule has 1 heterocycles. The molecule has 0 spiro atoms. The Labute approximate surface area is 114 Å². The van der Waals surface area contributed by atoms with E-state index in [1.165, 1.54) is 32.4 Å². The van der Waals surface area contributed by atoms with Crippen molar-refractivity contribution in [3.8, 4) is 0 Å². The summed E-state index contributed by atoms with van der Waals surface area (Å²) < 4.78 is 0. The minimum atomic E-state index is 0.491. The highest BCUT2D eigenvalue weighted by Crippen LogP contribution is 2.65. The molecule has 0 aromatic heterocycles. The highest BCUT2D eigenvalue weighted by molar-refractivity contribution is 5.19. The van der Waals surface area contributed by atoms with Crippen LogP contribution in [0.15, 0.2) is 0 Å². The Morgan fingerprint density at radius 3 is 2.22 bits per heavy atom. The number of nitrogens with one attached hydrogen (secondary N) is 1. The average molecular weight is 252 g/mol. The summed E-state index contributed by atoms with van der Waals surface area (Å²) in [4.78, 5) is 2.78. The van der Waals surface area contributed by atoms with Gasteiger partial charge in [0, 0.05) is 24.7 Å². The van der Waals surface area contributed by atoms with Crippen LogP contribution in [0.4, 0.5) is 0 Å². The molecular weight excluding hydrogens is 220 g/mol. The number of piperidine rings is 1. The molecule has 0 aromatic rings. The maximum absolute atomic E-state index is 3.70. The SMILES string of the molecule is CCCNC1CCN(C2C(C)(C)C2(C)C)C(C)C1. The van der Waals surface area contributed by atoms with Gasteiger partial charge in [0.15, 0.2) is 0 Å². The Kier molecular flexibility index (Phi) is 3.81. The van der Waals surface area contributed by atoms with E-state index in [4.69, 9.17) is 0 Å². The van der Waals surface area contributed by atoms with Crippen LogP contribution in [0.2, 0.25) is 0 Å². The standard InChI is InChI=1S/C16H32N2/c1-7-9-17-13-8-10-18(12(2)11-13)14-15(3,4)16(14,5)6/h12-14,17H,7-11H2,1-6H3. The molecule has 0 amide bonds. The summed E-state index contributed by atoms with van der Waals surface area (Å²) in [7, 11) is 0. The fourth-order valence-electron chi connectivity index (χ4n) is 4.10. The van der Waals surface area contributed by atoms with Gasteiger partial charge in [-0.1, -0.05) is 34.6 Å². The fraction of sp³-hybridized carbons (Fsp3) is 1.00. The normalized spacial score (nSPS) is 35.7. The Balaban J connectivity index is 1.91. The summed E-state index contributed by atoms with van der Waals surface area (Å²) in [6, 6.07) is 2.27. The molecule has 0 radical (unpaired) electrons. The second-order valence-corrected chi connectivity index (χ2v) is 7.61. The first-order valence-electron chi connectivity index (χ1n) is 7.81. The first-order valence-corrected chi connectivity index (χ1v) is 7.81. The van der Waals surface area contributed by atoms with E-state index >= 15 is 0 Å². The summed E-state index contributed by atoms with van der Waals surface area (Å²) in [5.41, 5.74) is 0.982. The van der Waals surface area contributed by atoms with Crippen molar-refractivity contribution in [1.82, 2.24) is 10.2 Å². The van der Waals surface area contributed by atoms with Gasteiger partial charge in [-0.15, -0.1) is 0 Å². The monoisotopic (exact) mass is 252 g/mol. The molecule has 2 atom stereocenters. The Bertz CT molecular complexity index is 281. The minimum Gasteiger partial charge on any atom is -0.314 e. The van der Waals surface area contributed by atoms with Crippen molar-refractivity contribution in [1.29, 1.82) is 0 Å². The third-order valence-electron chi connectivity index (χ3n) is 5.89. The molecule has 1 N–H and O–H groups in total. The summed E-state index contributed by atoms with van der Waals surface area (Å²) in [5, 5.41) is 3.70. The number of rotatable bonds is 4. The molecule has 1 aliphatic heterocycles. The maximum Gasteiger partial charge on any atom is 0.0212 e. The van der Waals surface area contributed by atoms with E-state index in [9.17, 15) is 0 Å². The quantitative estimate of drug-likeness (QED) is 0.826. The molecular formula is C16H32N2. The van der Waals surface area contributed by atoms with E-state index in [2.05, 4.69) is 51.8 Å². The lowest BCUT2D eigenvalue weighted by atomic mass is 9.97. The van der Waals surface area contributed by atoms with Crippen LogP contribution in [0.3, 0.4) is 0 Å². The largest absolute Gasteiger partial charge is 0.314 e. The highest BCUT2D eigenvalue weighted by Gasteiger charge is 2.67. The molecule has 1 aliphatic carbocycles. The van der Waals surface area contributed by atoms with Crippen LogP contribution >= 0.6 is 0 Å². The third-order valence-corrected chi connectivity index (χ3v) is 5.89. The van der Waals surface area contributed by atoms with Crippen LogP contribution in [0.5, 0.6) is 0 Å².